The van der Waals surface area contributed by atoms with Crippen LogP contribution in [0.5, 0.6) is 0 Å². The van der Waals surface area contributed by atoms with Crippen molar-refractivity contribution in [3.05, 3.63) is 21.1 Å². The first-order chi connectivity index (χ1) is 8.51. The number of terminal acetylenes is 1. The molecule has 18 heavy (non-hydrogen) atoms. The number of aliphatic hydroxyl groups excluding tert-OH is 1. The van der Waals surface area contributed by atoms with Crippen molar-refractivity contribution in [3.8, 4) is 12.3 Å². The summed E-state index contributed by atoms with van der Waals surface area (Å²) >= 11 is 1.22. The summed E-state index contributed by atoms with van der Waals surface area (Å²) in [6.45, 7) is 4.56. The topological polar surface area (TPSA) is 66.6 Å². The van der Waals surface area contributed by atoms with Gasteiger partial charge in [-0.2, -0.15) is 0 Å². The lowest BCUT2D eigenvalue weighted by Gasteiger charge is -2.18. The van der Waals surface area contributed by atoms with Crippen molar-refractivity contribution < 1.29 is 10.0 Å². The largest absolute Gasteiger partial charge is 0.388 e. The van der Waals surface area contributed by atoms with Gasteiger partial charge in [-0.1, -0.05) is 12.8 Å². The predicted octanol–water partition coefficient (Wildman–Crippen LogP) is 2.56. The third kappa shape index (κ3) is 3.22. The van der Waals surface area contributed by atoms with Gasteiger partial charge in [-0.15, -0.1) is 17.8 Å². The van der Waals surface area contributed by atoms with E-state index in [1.807, 2.05) is 6.92 Å². The quantitative estimate of drug-likeness (QED) is 0.489. The van der Waals surface area contributed by atoms with Crippen molar-refractivity contribution in [2.24, 2.45) is 0 Å². The summed E-state index contributed by atoms with van der Waals surface area (Å²) in [7, 11) is 0. The Kier molecular flexibility index (Phi) is 5.13. The second-order valence-corrected chi connectivity index (χ2v) is 4.96. The molecule has 0 saturated heterocycles. The van der Waals surface area contributed by atoms with Crippen LogP contribution < -0.4 is 4.90 Å². The summed E-state index contributed by atoms with van der Waals surface area (Å²) < 4.78 is 0. The van der Waals surface area contributed by atoms with Gasteiger partial charge >= 0.3 is 5.69 Å². The molecule has 0 aliphatic carbocycles. The zero-order valence-corrected chi connectivity index (χ0v) is 11.2. The van der Waals surface area contributed by atoms with Crippen molar-refractivity contribution in [2.45, 2.75) is 26.4 Å². The first kappa shape index (κ1) is 14.5. The third-order valence-corrected chi connectivity index (χ3v) is 3.74. The van der Waals surface area contributed by atoms with Crippen LogP contribution in [-0.4, -0.2) is 23.1 Å². The van der Waals surface area contributed by atoms with Crippen molar-refractivity contribution in [1.29, 1.82) is 0 Å². The third-order valence-electron chi connectivity index (χ3n) is 2.38. The summed E-state index contributed by atoms with van der Waals surface area (Å²) in [5, 5.41) is 21.1. The van der Waals surface area contributed by atoms with Crippen molar-refractivity contribution in [3.63, 3.8) is 0 Å². The van der Waals surface area contributed by atoms with E-state index in [9.17, 15) is 15.2 Å². The summed E-state index contributed by atoms with van der Waals surface area (Å²) in [5.41, 5.74) is 0.0135. The molecule has 98 valence electrons. The van der Waals surface area contributed by atoms with E-state index < -0.39 is 11.0 Å². The second kappa shape index (κ2) is 6.38. The van der Waals surface area contributed by atoms with Gasteiger partial charge in [0.1, 0.15) is 0 Å². The van der Waals surface area contributed by atoms with Crippen LogP contribution in [0.4, 0.5) is 10.7 Å². The summed E-state index contributed by atoms with van der Waals surface area (Å²) in [6, 6.07) is 1.42. The number of thiophene rings is 1. The summed E-state index contributed by atoms with van der Waals surface area (Å²) in [4.78, 5) is 13.0. The fourth-order valence-corrected chi connectivity index (χ4v) is 2.67. The first-order valence-corrected chi connectivity index (χ1v) is 6.47. The van der Waals surface area contributed by atoms with Crippen LogP contribution >= 0.6 is 11.3 Å². The van der Waals surface area contributed by atoms with Gasteiger partial charge in [0, 0.05) is 17.5 Å². The standard InChI is InChI=1S/C12H16N2O3S/c1-4-6-13(7-5-2)12-10(14(16)17)8-11(18-12)9(3)15/h1,8-9,15H,5-7H2,2-3H3/t9-/m1/s1. The van der Waals surface area contributed by atoms with Crippen LogP contribution in [0, 0.1) is 22.5 Å². The van der Waals surface area contributed by atoms with E-state index in [4.69, 9.17) is 6.42 Å². The van der Waals surface area contributed by atoms with E-state index in [1.165, 1.54) is 17.4 Å². The summed E-state index contributed by atoms with van der Waals surface area (Å²) in [5.74, 6) is 2.50. The Bertz CT molecular complexity index is 462. The maximum absolute atomic E-state index is 11.0. The van der Waals surface area contributed by atoms with Gasteiger partial charge in [-0.3, -0.25) is 10.1 Å². The van der Waals surface area contributed by atoms with Crippen LogP contribution in [0.2, 0.25) is 0 Å². The molecule has 1 rings (SSSR count). The van der Waals surface area contributed by atoms with Gasteiger partial charge in [-0.05, 0) is 13.3 Å². The molecule has 1 aromatic rings. The van der Waals surface area contributed by atoms with Crippen LogP contribution in [-0.2, 0) is 0 Å². The number of aliphatic hydroxyl groups is 1. The maximum Gasteiger partial charge on any atom is 0.304 e. The van der Waals surface area contributed by atoms with Gasteiger partial charge in [0.15, 0.2) is 5.00 Å². The highest BCUT2D eigenvalue weighted by molar-refractivity contribution is 7.16. The molecule has 0 bridgehead atoms. The average Bonchev–Trinajstić information content (AvgIpc) is 2.73. The molecule has 1 aromatic heterocycles. The Balaban J connectivity index is 3.18. The molecule has 0 radical (unpaired) electrons. The second-order valence-electron chi connectivity index (χ2n) is 3.90. The van der Waals surface area contributed by atoms with Crippen molar-refractivity contribution >= 4 is 22.0 Å². The molecule has 6 heteroatoms. The number of hydrogen-bond acceptors (Lipinski definition) is 5. The first-order valence-electron chi connectivity index (χ1n) is 5.65. The van der Waals surface area contributed by atoms with Crippen molar-refractivity contribution in [2.75, 3.05) is 18.0 Å². The smallest absolute Gasteiger partial charge is 0.304 e. The highest BCUT2D eigenvalue weighted by Crippen LogP contribution is 2.40. The highest BCUT2D eigenvalue weighted by Gasteiger charge is 2.24. The fourth-order valence-electron chi connectivity index (χ4n) is 1.59. The molecule has 0 spiro atoms. The average molecular weight is 268 g/mol. The molecule has 1 heterocycles. The van der Waals surface area contributed by atoms with Crippen LogP contribution in [0.1, 0.15) is 31.2 Å². The Morgan fingerprint density at radius 2 is 2.39 bits per heavy atom. The lowest BCUT2D eigenvalue weighted by molar-refractivity contribution is -0.383. The lowest BCUT2D eigenvalue weighted by Crippen LogP contribution is -2.23. The Labute approximate surface area is 110 Å². The van der Waals surface area contributed by atoms with Gasteiger partial charge < -0.3 is 10.0 Å². The Morgan fingerprint density at radius 1 is 1.72 bits per heavy atom. The molecule has 0 saturated carbocycles. The molecule has 1 atom stereocenters. The van der Waals surface area contributed by atoms with Gasteiger partial charge in [0.05, 0.1) is 17.6 Å². The van der Waals surface area contributed by atoms with Crippen LogP contribution in [0.25, 0.3) is 0 Å². The molecule has 0 aliphatic rings. The minimum Gasteiger partial charge on any atom is -0.388 e. The van der Waals surface area contributed by atoms with Crippen LogP contribution in [0.3, 0.4) is 0 Å². The molecule has 0 amide bonds. The molecule has 0 aliphatic heterocycles. The fraction of sp³-hybridized carbons (Fsp3) is 0.500. The van der Waals surface area contributed by atoms with E-state index in [-0.39, 0.29) is 5.69 Å². The molecule has 1 N–H and O–H groups in total. The van der Waals surface area contributed by atoms with E-state index in [2.05, 4.69) is 5.92 Å². The lowest BCUT2D eigenvalue weighted by atomic mass is 10.3. The SMILES string of the molecule is C#CCN(CCC)c1sc([C@@H](C)O)cc1[N+](=O)[O-]. The minimum absolute atomic E-state index is 0.0135. The Morgan fingerprint density at radius 3 is 2.83 bits per heavy atom. The van der Waals surface area contributed by atoms with Gasteiger partial charge in [-0.25, -0.2) is 0 Å². The van der Waals surface area contributed by atoms with E-state index in [0.29, 0.717) is 23.0 Å². The Hall–Kier alpha value is -1.58. The monoisotopic (exact) mass is 268 g/mol. The van der Waals surface area contributed by atoms with Crippen LogP contribution in [0.15, 0.2) is 6.07 Å². The minimum atomic E-state index is -0.711. The molecular weight excluding hydrogens is 252 g/mol. The molecule has 0 unspecified atom stereocenters. The van der Waals surface area contributed by atoms with Crippen molar-refractivity contribution in [1.82, 2.24) is 0 Å². The molecule has 0 aromatic carbocycles. The number of rotatable bonds is 6. The molecular formula is C12H16N2O3S. The van der Waals surface area contributed by atoms with E-state index in [1.54, 1.807) is 11.8 Å². The normalized spacial score (nSPS) is 11.9. The number of anilines is 1. The maximum atomic E-state index is 11.0. The number of hydrogen-bond donors (Lipinski definition) is 1. The zero-order chi connectivity index (χ0) is 13.7. The van der Waals surface area contributed by atoms with E-state index >= 15 is 0 Å². The predicted molar refractivity (Wildman–Crippen MR) is 72.9 cm³/mol. The van der Waals surface area contributed by atoms with E-state index in [0.717, 1.165) is 6.42 Å². The number of nitrogens with zero attached hydrogens (tertiary/aromatic N) is 2. The molecule has 5 nitrogen and oxygen atoms in total. The highest BCUT2D eigenvalue weighted by atomic mass is 32.1. The van der Waals surface area contributed by atoms with Gasteiger partial charge in [0.25, 0.3) is 0 Å². The van der Waals surface area contributed by atoms with Gasteiger partial charge in [0.2, 0.25) is 0 Å². The molecule has 0 fully saturated rings. The number of nitro groups is 1. The summed E-state index contributed by atoms with van der Waals surface area (Å²) in [6.07, 6.45) is 5.42. The zero-order valence-electron chi connectivity index (χ0n) is 10.4.